The Labute approximate surface area is 70.7 Å². The summed E-state index contributed by atoms with van der Waals surface area (Å²) in [7, 11) is 0. The summed E-state index contributed by atoms with van der Waals surface area (Å²) >= 11 is 5.62. The Hall–Kier alpha value is -1.02. The molecule has 2 N–H and O–H groups in total. The number of hydrazone groups is 1. The van der Waals surface area contributed by atoms with Crippen molar-refractivity contribution in [3.63, 3.8) is 0 Å². The molecule has 0 spiro atoms. The molecule has 0 aliphatic rings. The van der Waals surface area contributed by atoms with Gasteiger partial charge in [-0.05, 0) is 5.56 Å². The molecular weight excluding hydrogens is 160 g/mol. The molecule has 3 heteroatoms. The average molecular weight is 169 g/mol. The second kappa shape index (κ2) is 3.98. The van der Waals surface area contributed by atoms with Crippen LogP contribution in [0.2, 0.25) is 0 Å². The Morgan fingerprint density at radius 1 is 1.36 bits per heavy atom. The number of hydrogen-bond donors (Lipinski definition) is 1. The van der Waals surface area contributed by atoms with Gasteiger partial charge in [0.25, 0.3) is 0 Å². The highest BCUT2D eigenvalue weighted by Gasteiger charge is 1.94. The van der Waals surface area contributed by atoms with E-state index in [4.69, 9.17) is 17.4 Å². The van der Waals surface area contributed by atoms with E-state index in [-0.39, 0.29) is 0 Å². The first-order valence-corrected chi connectivity index (χ1v) is 3.67. The van der Waals surface area contributed by atoms with Gasteiger partial charge in [0.15, 0.2) is 0 Å². The molecule has 0 bridgehead atoms. The molecule has 0 unspecified atom stereocenters. The van der Waals surface area contributed by atoms with E-state index < -0.39 is 0 Å². The molecule has 0 aromatic heterocycles. The zero-order valence-electron chi connectivity index (χ0n) is 6.00. The lowest BCUT2D eigenvalue weighted by atomic mass is 10.2. The summed E-state index contributed by atoms with van der Waals surface area (Å²) in [6, 6.07) is 9.82. The van der Waals surface area contributed by atoms with Gasteiger partial charge in [-0.3, -0.25) is 0 Å². The van der Waals surface area contributed by atoms with E-state index in [1.54, 1.807) is 0 Å². The second-order valence-corrected chi connectivity index (χ2v) is 2.60. The van der Waals surface area contributed by atoms with Crippen molar-refractivity contribution >= 4 is 16.8 Å². The number of nitrogens with two attached hydrogens (primary N) is 1. The lowest BCUT2D eigenvalue weighted by Gasteiger charge is -1.95. The number of nitrogens with zero attached hydrogens (tertiary/aromatic N) is 1. The van der Waals surface area contributed by atoms with Crippen LogP contribution in [0.1, 0.15) is 5.56 Å². The van der Waals surface area contributed by atoms with Gasteiger partial charge in [-0.25, -0.2) is 0 Å². The molecule has 0 aliphatic heterocycles. The summed E-state index contributed by atoms with van der Waals surface area (Å²) in [6.07, 6.45) is 0.610. The van der Waals surface area contributed by atoms with Crippen molar-refractivity contribution < 1.29 is 0 Å². The molecular formula is C8H9ClN2. The molecule has 0 aliphatic carbocycles. The van der Waals surface area contributed by atoms with Crippen LogP contribution >= 0.6 is 11.6 Å². The third-order valence-corrected chi connectivity index (χ3v) is 1.56. The maximum absolute atomic E-state index is 5.62. The highest BCUT2D eigenvalue weighted by molar-refractivity contribution is 6.65. The Morgan fingerprint density at radius 3 is 2.55 bits per heavy atom. The van der Waals surface area contributed by atoms with Crippen molar-refractivity contribution in [2.45, 2.75) is 6.42 Å². The van der Waals surface area contributed by atoms with Crippen molar-refractivity contribution in [3.8, 4) is 0 Å². The average Bonchev–Trinajstić information content (AvgIpc) is 2.06. The van der Waals surface area contributed by atoms with Gasteiger partial charge >= 0.3 is 0 Å². The Balaban J connectivity index is 2.65. The fraction of sp³-hybridized carbons (Fsp3) is 0.125. The zero-order chi connectivity index (χ0) is 8.10. The third-order valence-electron chi connectivity index (χ3n) is 1.33. The third kappa shape index (κ3) is 2.60. The molecule has 0 amide bonds. The molecule has 0 saturated carbocycles. The molecule has 0 heterocycles. The standard InChI is InChI=1S/C8H9ClN2/c9-8(11-10)6-7-4-2-1-3-5-7/h1-5H,6,10H2. The van der Waals surface area contributed by atoms with Crippen molar-refractivity contribution in [2.24, 2.45) is 10.9 Å². The number of hydrogen-bond acceptors (Lipinski definition) is 2. The van der Waals surface area contributed by atoms with Crippen LogP contribution in [-0.2, 0) is 6.42 Å². The van der Waals surface area contributed by atoms with Crippen LogP contribution in [-0.4, -0.2) is 5.17 Å². The summed E-state index contributed by atoms with van der Waals surface area (Å²) < 4.78 is 0. The normalized spacial score (nSPS) is 11.5. The molecule has 11 heavy (non-hydrogen) atoms. The fourth-order valence-corrected chi connectivity index (χ4v) is 0.964. The molecule has 1 rings (SSSR count). The van der Waals surface area contributed by atoms with Crippen LogP contribution in [0.5, 0.6) is 0 Å². The zero-order valence-corrected chi connectivity index (χ0v) is 6.75. The van der Waals surface area contributed by atoms with Gasteiger partial charge in [0.05, 0.1) is 0 Å². The summed E-state index contributed by atoms with van der Waals surface area (Å²) in [5.41, 5.74) is 1.12. The SMILES string of the molecule is NN=C(Cl)Cc1ccccc1. The number of rotatable bonds is 2. The second-order valence-electron chi connectivity index (χ2n) is 2.17. The van der Waals surface area contributed by atoms with E-state index in [2.05, 4.69) is 5.10 Å². The molecule has 58 valence electrons. The predicted octanol–water partition coefficient (Wildman–Crippen LogP) is 1.74. The van der Waals surface area contributed by atoms with Crippen LogP contribution in [0.4, 0.5) is 0 Å². The molecule has 0 radical (unpaired) electrons. The van der Waals surface area contributed by atoms with Crippen LogP contribution in [0.25, 0.3) is 0 Å². The Morgan fingerprint density at radius 2 is 2.00 bits per heavy atom. The smallest absolute Gasteiger partial charge is 0.130 e. The van der Waals surface area contributed by atoms with Gasteiger partial charge in [0.1, 0.15) is 5.17 Å². The molecule has 2 nitrogen and oxygen atoms in total. The van der Waals surface area contributed by atoms with Crippen molar-refractivity contribution in [3.05, 3.63) is 35.9 Å². The van der Waals surface area contributed by atoms with Gasteiger partial charge in [-0.2, -0.15) is 5.10 Å². The fourth-order valence-electron chi connectivity index (χ4n) is 0.810. The number of benzene rings is 1. The highest BCUT2D eigenvalue weighted by atomic mass is 35.5. The largest absolute Gasteiger partial charge is 0.322 e. The van der Waals surface area contributed by atoms with Crippen molar-refractivity contribution in [1.82, 2.24) is 0 Å². The summed E-state index contributed by atoms with van der Waals surface area (Å²) in [5, 5.41) is 3.79. The monoisotopic (exact) mass is 168 g/mol. The minimum atomic E-state index is 0.427. The van der Waals surface area contributed by atoms with Crippen LogP contribution in [0.3, 0.4) is 0 Å². The van der Waals surface area contributed by atoms with Crippen molar-refractivity contribution in [2.75, 3.05) is 0 Å². The van der Waals surface area contributed by atoms with E-state index in [1.807, 2.05) is 30.3 Å². The maximum atomic E-state index is 5.62. The van der Waals surface area contributed by atoms with Crippen LogP contribution in [0.15, 0.2) is 35.4 Å². The minimum Gasteiger partial charge on any atom is -0.322 e. The lowest BCUT2D eigenvalue weighted by molar-refractivity contribution is 1.22. The molecule has 1 aromatic rings. The van der Waals surface area contributed by atoms with Gasteiger partial charge in [0, 0.05) is 6.42 Å². The molecule has 0 fully saturated rings. The van der Waals surface area contributed by atoms with E-state index in [0.717, 1.165) is 5.56 Å². The first-order valence-electron chi connectivity index (χ1n) is 3.29. The van der Waals surface area contributed by atoms with Crippen LogP contribution in [0, 0.1) is 0 Å². The molecule has 0 saturated heterocycles. The summed E-state index contributed by atoms with van der Waals surface area (Å²) in [5.74, 6) is 4.98. The predicted molar refractivity (Wildman–Crippen MR) is 47.6 cm³/mol. The first kappa shape index (κ1) is 8.08. The van der Waals surface area contributed by atoms with Gasteiger partial charge in [-0.15, -0.1) is 0 Å². The Bertz CT molecular complexity index is 244. The summed E-state index contributed by atoms with van der Waals surface area (Å²) in [6.45, 7) is 0. The van der Waals surface area contributed by atoms with E-state index in [0.29, 0.717) is 11.6 Å². The quantitative estimate of drug-likeness (QED) is 0.408. The molecule has 0 atom stereocenters. The number of halogens is 1. The van der Waals surface area contributed by atoms with E-state index >= 15 is 0 Å². The van der Waals surface area contributed by atoms with Crippen molar-refractivity contribution in [1.29, 1.82) is 0 Å². The minimum absolute atomic E-state index is 0.427. The molecule has 1 aromatic carbocycles. The van der Waals surface area contributed by atoms with Crippen LogP contribution < -0.4 is 5.84 Å². The Kier molecular flexibility index (Phi) is 2.93. The lowest BCUT2D eigenvalue weighted by Crippen LogP contribution is -1.97. The first-order chi connectivity index (χ1) is 5.33. The van der Waals surface area contributed by atoms with Gasteiger partial charge in [-0.1, -0.05) is 41.9 Å². The summed E-state index contributed by atoms with van der Waals surface area (Å²) in [4.78, 5) is 0. The topological polar surface area (TPSA) is 38.4 Å². The van der Waals surface area contributed by atoms with Gasteiger partial charge in [0.2, 0.25) is 0 Å². The maximum Gasteiger partial charge on any atom is 0.130 e. The van der Waals surface area contributed by atoms with E-state index in [1.165, 1.54) is 0 Å². The van der Waals surface area contributed by atoms with E-state index in [9.17, 15) is 0 Å². The van der Waals surface area contributed by atoms with Gasteiger partial charge < -0.3 is 5.84 Å². The highest BCUT2D eigenvalue weighted by Crippen LogP contribution is 2.02.